The fourth-order valence-electron chi connectivity index (χ4n) is 7.04. The lowest BCUT2D eigenvalue weighted by Crippen LogP contribution is -2.30. The predicted octanol–water partition coefficient (Wildman–Crippen LogP) is 17.8. The van der Waals surface area contributed by atoms with Crippen LogP contribution in [0.1, 0.15) is 239 Å². The van der Waals surface area contributed by atoms with Crippen molar-refractivity contribution in [2.24, 2.45) is 0 Å². The van der Waals surface area contributed by atoms with Crippen LogP contribution in [0.25, 0.3) is 0 Å². The average molecular weight is 903 g/mol. The molecule has 0 fully saturated rings. The van der Waals surface area contributed by atoms with E-state index in [4.69, 9.17) is 14.2 Å². The highest BCUT2D eigenvalue weighted by Crippen LogP contribution is 2.13. The third kappa shape index (κ3) is 51.2. The van der Waals surface area contributed by atoms with Gasteiger partial charge in [0.1, 0.15) is 13.2 Å². The van der Waals surface area contributed by atoms with Crippen LogP contribution in [0, 0.1) is 0 Å². The van der Waals surface area contributed by atoms with Gasteiger partial charge in [0.25, 0.3) is 0 Å². The Morgan fingerprint density at radius 2 is 0.631 bits per heavy atom. The SMILES string of the molecule is CC/C=C\C/C=C\C/C=C\C/C=C\C/C=C\C/C=C\CCC(=O)OC[C@H](COC(=O)CCCCCCC/C=C\CCCCCCCC)OC(=O)CCCCCCC/C=C\CCCCCC. The van der Waals surface area contributed by atoms with Gasteiger partial charge in [-0.05, 0) is 109 Å². The van der Waals surface area contributed by atoms with Crippen LogP contribution in [-0.4, -0.2) is 37.2 Å². The Bertz CT molecular complexity index is 1310. The molecule has 0 spiro atoms. The molecule has 0 bridgehead atoms. The third-order valence-electron chi connectivity index (χ3n) is 11.1. The number of rotatable bonds is 47. The quantitative estimate of drug-likeness (QED) is 0.0262. The summed E-state index contributed by atoms with van der Waals surface area (Å²) in [7, 11) is 0. The maximum Gasteiger partial charge on any atom is 0.306 e. The van der Waals surface area contributed by atoms with E-state index in [0.29, 0.717) is 19.3 Å². The van der Waals surface area contributed by atoms with Gasteiger partial charge in [0.2, 0.25) is 0 Å². The Labute approximate surface area is 400 Å². The highest BCUT2D eigenvalue weighted by Gasteiger charge is 2.19. The molecule has 370 valence electrons. The number of esters is 3. The van der Waals surface area contributed by atoms with E-state index in [9.17, 15) is 14.4 Å². The monoisotopic (exact) mass is 903 g/mol. The molecule has 0 heterocycles. The molecule has 0 aromatic carbocycles. The first-order valence-electron chi connectivity index (χ1n) is 26.7. The molecule has 0 unspecified atom stereocenters. The zero-order valence-corrected chi connectivity index (χ0v) is 42.2. The second-order valence-corrected chi connectivity index (χ2v) is 17.4. The molecule has 0 saturated carbocycles. The molecular formula is C59H98O6. The number of unbranched alkanes of at least 4 members (excludes halogenated alkanes) is 20. The summed E-state index contributed by atoms with van der Waals surface area (Å²) in [5.74, 6) is -1.01. The van der Waals surface area contributed by atoms with E-state index in [1.165, 1.54) is 89.9 Å². The molecule has 0 aliphatic rings. The minimum Gasteiger partial charge on any atom is -0.462 e. The van der Waals surface area contributed by atoms with Crippen molar-refractivity contribution < 1.29 is 28.6 Å². The molecule has 0 aliphatic carbocycles. The summed E-state index contributed by atoms with van der Waals surface area (Å²) in [6.45, 7) is 6.42. The lowest BCUT2D eigenvalue weighted by atomic mass is 10.1. The fraction of sp³-hybridized carbons (Fsp3) is 0.678. The number of hydrogen-bond acceptors (Lipinski definition) is 6. The number of carbonyl (C=O) groups is 3. The number of hydrogen-bond donors (Lipinski definition) is 0. The maximum atomic E-state index is 12.8. The lowest BCUT2D eigenvalue weighted by molar-refractivity contribution is -0.166. The highest BCUT2D eigenvalue weighted by molar-refractivity contribution is 5.71. The molecule has 1 atom stereocenters. The van der Waals surface area contributed by atoms with Crippen LogP contribution in [0.5, 0.6) is 0 Å². The Morgan fingerprint density at radius 1 is 0.323 bits per heavy atom. The summed E-state index contributed by atoms with van der Waals surface area (Å²) in [6.07, 6.45) is 69.7. The van der Waals surface area contributed by atoms with Crippen LogP contribution < -0.4 is 0 Å². The van der Waals surface area contributed by atoms with Gasteiger partial charge in [0, 0.05) is 19.3 Å². The molecule has 0 saturated heterocycles. The second-order valence-electron chi connectivity index (χ2n) is 17.4. The molecule has 0 aromatic rings. The smallest absolute Gasteiger partial charge is 0.306 e. The van der Waals surface area contributed by atoms with Crippen LogP contribution >= 0.6 is 0 Å². The van der Waals surface area contributed by atoms with Crippen LogP contribution in [0.2, 0.25) is 0 Å². The van der Waals surface area contributed by atoms with Gasteiger partial charge in [0.05, 0.1) is 0 Å². The van der Waals surface area contributed by atoms with Gasteiger partial charge < -0.3 is 14.2 Å². The average Bonchev–Trinajstić information content (AvgIpc) is 3.30. The summed E-state index contributed by atoms with van der Waals surface area (Å²) in [4.78, 5) is 38.0. The van der Waals surface area contributed by atoms with Crippen molar-refractivity contribution in [2.75, 3.05) is 13.2 Å². The van der Waals surface area contributed by atoms with Crippen molar-refractivity contribution in [3.8, 4) is 0 Å². The Balaban J connectivity index is 4.52. The molecule has 6 nitrogen and oxygen atoms in total. The Morgan fingerprint density at radius 3 is 1.05 bits per heavy atom. The molecule has 0 aliphatic heterocycles. The topological polar surface area (TPSA) is 78.9 Å². The Hall–Kier alpha value is -3.67. The minimum absolute atomic E-state index is 0.109. The fourth-order valence-corrected chi connectivity index (χ4v) is 7.04. The normalized spacial score (nSPS) is 12.8. The highest BCUT2D eigenvalue weighted by atomic mass is 16.6. The van der Waals surface area contributed by atoms with E-state index < -0.39 is 6.10 Å². The van der Waals surface area contributed by atoms with E-state index in [1.54, 1.807) is 0 Å². The van der Waals surface area contributed by atoms with Crippen molar-refractivity contribution in [3.05, 3.63) is 97.2 Å². The predicted molar refractivity (Wildman–Crippen MR) is 279 cm³/mol. The van der Waals surface area contributed by atoms with Crippen LogP contribution in [0.3, 0.4) is 0 Å². The molecule has 6 heteroatoms. The molecular weight excluding hydrogens is 805 g/mol. The van der Waals surface area contributed by atoms with Crippen molar-refractivity contribution in [1.29, 1.82) is 0 Å². The van der Waals surface area contributed by atoms with Crippen LogP contribution in [0.4, 0.5) is 0 Å². The first-order chi connectivity index (χ1) is 32.0. The van der Waals surface area contributed by atoms with E-state index in [2.05, 4.69) is 112 Å². The van der Waals surface area contributed by atoms with Crippen molar-refractivity contribution in [1.82, 2.24) is 0 Å². The first-order valence-corrected chi connectivity index (χ1v) is 26.7. The minimum atomic E-state index is -0.816. The van der Waals surface area contributed by atoms with Crippen LogP contribution in [-0.2, 0) is 28.6 Å². The van der Waals surface area contributed by atoms with E-state index in [-0.39, 0.29) is 37.5 Å². The third-order valence-corrected chi connectivity index (χ3v) is 11.1. The molecule has 0 radical (unpaired) electrons. The van der Waals surface area contributed by atoms with Gasteiger partial charge in [0.15, 0.2) is 6.10 Å². The molecule has 0 amide bonds. The zero-order valence-electron chi connectivity index (χ0n) is 42.2. The van der Waals surface area contributed by atoms with Gasteiger partial charge in [-0.25, -0.2) is 0 Å². The standard InChI is InChI=1S/C59H98O6/c1-4-7-10-13-16-19-22-25-27-28-29-30-32-35-37-40-43-46-49-52-58(61)64-55-56(65-59(62)53-50-47-44-41-38-33-24-21-18-15-12-9-6-3)54-63-57(60)51-48-45-42-39-36-34-31-26-23-20-17-14-11-8-5-2/h7,10,16,19,21,24-27,29-31,35,37,43,46,56H,4-6,8-9,11-15,17-18,20,22-23,28,32-34,36,38-42,44-45,47-55H2,1-3H3/b10-7-,19-16-,24-21-,27-25-,30-29-,31-26-,37-35-,46-43-/t56-/m0/s1. The summed E-state index contributed by atoms with van der Waals surface area (Å²) >= 11 is 0. The zero-order chi connectivity index (χ0) is 47.2. The van der Waals surface area contributed by atoms with E-state index in [1.807, 2.05) is 6.08 Å². The molecule has 65 heavy (non-hydrogen) atoms. The summed E-state index contributed by atoms with van der Waals surface area (Å²) in [5.41, 5.74) is 0. The summed E-state index contributed by atoms with van der Waals surface area (Å²) in [5, 5.41) is 0. The Kier molecular flexibility index (Phi) is 50.0. The summed E-state index contributed by atoms with van der Waals surface area (Å²) in [6, 6.07) is 0. The van der Waals surface area contributed by atoms with Gasteiger partial charge in [-0.1, -0.05) is 208 Å². The van der Waals surface area contributed by atoms with Crippen LogP contribution in [0.15, 0.2) is 97.2 Å². The first kappa shape index (κ1) is 61.3. The molecule has 0 aromatic heterocycles. The van der Waals surface area contributed by atoms with Crippen molar-refractivity contribution >= 4 is 17.9 Å². The van der Waals surface area contributed by atoms with Crippen molar-refractivity contribution in [3.63, 3.8) is 0 Å². The van der Waals surface area contributed by atoms with Crippen molar-refractivity contribution in [2.45, 2.75) is 245 Å². The number of carbonyl (C=O) groups excluding carboxylic acids is 3. The molecule has 0 N–H and O–H groups in total. The van der Waals surface area contributed by atoms with Gasteiger partial charge in [-0.15, -0.1) is 0 Å². The van der Waals surface area contributed by atoms with E-state index >= 15 is 0 Å². The van der Waals surface area contributed by atoms with Gasteiger partial charge in [-0.3, -0.25) is 14.4 Å². The second kappa shape index (κ2) is 52.9. The number of allylic oxidation sites excluding steroid dienone is 16. The van der Waals surface area contributed by atoms with Gasteiger partial charge in [-0.2, -0.15) is 0 Å². The number of ether oxygens (including phenoxy) is 3. The van der Waals surface area contributed by atoms with E-state index in [0.717, 1.165) is 103 Å². The molecule has 0 rings (SSSR count). The maximum absolute atomic E-state index is 12.8. The lowest BCUT2D eigenvalue weighted by Gasteiger charge is -2.18. The largest absolute Gasteiger partial charge is 0.462 e. The van der Waals surface area contributed by atoms with Gasteiger partial charge >= 0.3 is 17.9 Å². The summed E-state index contributed by atoms with van der Waals surface area (Å²) < 4.78 is 16.7.